The van der Waals surface area contributed by atoms with Gasteiger partial charge in [0.05, 0.1) is 16.6 Å². The number of para-hydroxylation sites is 2. The molecular formula is C18H17N5OS. The van der Waals surface area contributed by atoms with Gasteiger partial charge in [-0.05, 0) is 30.5 Å². The molecule has 3 aromatic rings. The largest absolute Gasteiger partial charge is 0.355 e. The van der Waals surface area contributed by atoms with E-state index in [0.717, 1.165) is 21.9 Å². The highest BCUT2D eigenvalue weighted by Gasteiger charge is 2.30. The number of pyridine rings is 1. The Morgan fingerprint density at radius 1 is 1.04 bits per heavy atom. The topological polar surface area (TPSA) is 62.2 Å². The Balaban J connectivity index is 1.84. The molecule has 0 N–H and O–H groups in total. The lowest BCUT2D eigenvalue weighted by Gasteiger charge is -2.33. The third-order valence-electron chi connectivity index (χ3n) is 4.25. The minimum Gasteiger partial charge on any atom is -0.355 e. The van der Waals surface area contributed by atoms with Gasteiger partial charge in [0, 0.05) is 26.3 Å². The van der Waals surface area contributed by atoms with Gasteiger partial charge in [-0.2, -0.15) is 0 Å². The Morgan fingerprint density at radius 3 is 2.48 bits per heavy atom. The molecule has 25 heavy (non-hydrogen) atoms. The summed E-state index contributed by atoms with van der Waals surface area (Å²) < 4.78 is 0. The van der Waals surface area contributed by atoms with Crippen LogP contribution in [0.5, 0.6) is 0 Å². The monoisotopic (exact) mass is 351 g/mol. The molecule has 3 heterocycles. The molecule has 6 nitrogen and oxygen atoms in total. The van der Waals surface area contributed by atoms with Gasteiger partial charge in [0.1, 0.15) is 5.03 Å². The highest BCUT2D eigenvalue weighted by atomic mass is 32.2. The average molecular weight is 351 g/mol. The molecule has 4 rings (SSSR count). The molecule has 0 unspecified atom stereocenters. The van der Waals surface area contributed by atoms with Crippen molar-refractivity contribution in [1.82, 2.24) is 15.0 Å². The number of carbonyl (C=O) groups is 1. The van der Waals surface area contributed by atoms with E-state index in [9.17, 15) is 4.79 Å². The number of carbonyl (C=O) groups excluding carboxylic acids is 1. The van der Waals surface area contributed by atoms with Crippen LogP contribution in [0.1, 0.15) is 10.4 Å². The summed E-state index contributed by atoms with van der Waals surface area (Å²) in [7, 11) is 1.97. The number of anilines is 2. The van der Waals surface area contributed by atoms with E-state index >= 15 is 0 Å². The number of rotatable bonds is 2. The Kier molecular flexibility index (Phi) is 4.01. The normalized spacial score (nSPS) is 13.8. The molecular weight excluding hydrogens is 334 g/mol. The summed E-state index contributed by atoms with van der Waals surface area (Å²) in [5, 5.41) is 0.724. The summed E-state index contributed by atoms with van der Waals surface area (Å²) in [6.07, 6.45) is 3.62. The molecule has 2 aromatic heterocycles. The van der Waals surface area contributed by atoms with E-state index in [4.69, 9.17) is 9.97 Å². The molecule has 0 bridgehead atoms. The van der Waals surface area contributed by atoms with Gasteiger partial charge < -0.3 is 4.90 Å². The second-order valence-corrected chi connectivity index (χ2v) is 6.59. The maximum Gasteiger partial charge on any atom is 0.262 e. The lowest BCUT2D eigenvalue weighted by molar-refractivity contribution is 0.0982. The van der Waals surface area contributed by atoms with Crippen LogP contribution in [0.15, 0.2) is 47.6 Å². The molecule has 0 aliphatic carbocycles. The zero-order chi connectivity index (χ0) is 17.4. The summed E-state index contributed by atoms with van der Waals surface area (Å²) in [6.45, 7) is 1.28. The number of nitrogens with zero attached hydrogens (tertiary/aromatic N) is 5. The third kappa shape index (κ3) is 2.70. The fourth-order valence-corrected chi connectivity index (χ4v) is 3.48. The van der Waals surface area contributed by atoms with Crippen molar-refractivity contribution >= 4 is 40.3 Å². The zero-order valence-electron chi connectivity index (χ0n) is 14.0. The summed E-state index contributed by atoms with van der Waals surface area (Å²) in [5.41, 5.74) is 2.21. The maximum atomic E-state index is 13.2. The van der Waals surface area contributed by atoms with Crippen molar-refractivity contribution in [2.24, 2.45) is 0 Å². The molecule has 126 valence electrons. The Bertz CT molecular complexity index is 961. The van der Waals surface area contributed by atoms with Crippen molar-refractivity contribution in [1.29, 1.82) is 0 Å². The lowest BCUT2D eigenvalue weighted by Crippen LogP contribution is -2.44. The molecule has 0 saturated carbocycles. The maximum absolute atomic E-state index is 13.2. The predicted molar refractivity (Wildman–Crippen MR) is 101 cm³/mol. The highest BCUT2D eigenvalue weighted by molar-refractivity contribution is 7.98. The van der Waals surface area contributed by atoms with Crippen LogP contribution >= 0.6 is 11.8 Å². The highest BCUT2D eigenvalue weighted by Crippen LogP contribution is 2.32. The number of hydrogen-bond acceptors (Lipinski definition) is 6. The number of thioether (sulfide) groups is 1. The van der Waals surface area contributed by atoms with Crippen LogP contribution in [0.4, 0.5) is 11.6 Å². The smallest absolute Gasteiger partial charge is 0.262 e. The lowest BCUT2D eigenvalue weighted by atomic mass is 10.2. The molecule has 0 radical (unpaired) electrons. The summed E-state index contributed by atoms with van der Waals surface area (Å²) in [5.74, 6) is 1.25. The molecule has 1 aliphatic heterocycles. The van der Waals surface area contributed by atoms with Crippen molar-refractivity contribution < 1.29 is 4.79 Å². The van der Waals surface area contributed by atoms with E-state index in [2.05, 4.69) is 4.98 Å². The number of hydrogen-bond donors (Lipinski definition) is 0. The fourth-order valence-electron chi connectivity index (χ4n) is 2.94. The first kappa shape index (κ1) is 15.8. The minimum atomic E-state index is -0.0867. The molecule has 0 fully saturated rings. The second-order valence-electron chi connectivity index (χ2n) is 5.80. The van der Waals surface area contributed by atoms with Crippen LogP contribution in [0.2, 0.25) is 0 Å². The first-order valence-electron chi connectivity index (χ1n) is 7.98. The van der Waals surface area contributed by atoms with E-state index in [0.29, 0.717) is 24.5 Å². The van der Waals surface area contributed by atoms with Crippen molar-refractivity contribution in [2.75, 3.05) is 36.2 Å². The Morgan fingerprint density at radius 2 is 1.76 bits per heavy atom. The number of aromatic nitrogens is 3. The van der Waals surface area contributed by atoms with Gasteiger partial charge in [-0.15, -0.1) is 11.8 Å². The van der Waals surface area contributed by atoms with Crippen molar-refractivity contribution in [3.8, 4) is 0 Å². The predicted octanol–water partition coefficient (Wildman–Crippen LogP) is 2.84. The van der Waals surface area contributed by atoms with Gasteiger partial charge in [-0.3, -0.25) is 9.69 Å². The zero-order valence-corrected chi connectivity index (χ0v) is 14.8. The number of fused-ring (bicyclic) bond motifs is 2. The van der Waals surface area contributed by atoms with Crippen LogP contribution in [0, 0.1) is 0 Å². The molecule has 0 saturated heterocycles. The van der Waals surface area contributed by atoms with Crippen LogP contribution in [-0.4, -0.2) is 47.3 Å². The second kappa shape index (κ2) is 6.33. The van der Waals surface area contributed by atoms with E-state index in [-0.39, 0.29) is 5.91 Å². The van der Waals surface area contributed by atoms with Crippen LogP contribution in [0.25, 0.3) is 11.0 Å². The molecule has 0 atom stereocenters. The number of benzene rings is 1. The van der Waals surface area contributed by atoms with Crippen molar-refractivity contribution in [3.63, 3.8) is 0 Å². The Labute approximate surface area is 149 Å². The first-order valence-corrected chi connectivity index (χ1v) is 9.20. The fraction of sp³-hybridized carbons (Fsp3) is 0.222. The van der Waals surface area contributed by atoms with E-state index < -0.39 is 0 Å². The van der Waals surface area contributed by atoms with Gasteiger partial charge in [0.2, 0.25) is 0 Å². The van der Waals surface area contributed by atoms with Gasteiger partial charge in [0.25, 0.3) is 5.91 Å². The van der Waals surface area contributed by atoms with Crippen LogP contribution < -0.4 is 9.80 Å². The molecule has 1 amide bonds. The van der Waals surface area contributed by atoms with Gasteiger partial charge >= 0.3 is 0 Å². The summed E-state index contributed by atoms with van der Waals surface area (Å²) >= 11 is 1.47. The quantitative estimate of drug-likeness (QED) is 0.662. The van der Waals surface area contributed by atoms with E-state index in [1.165, 1.54) is 11.8 Å². The molecule has 7 heteroatoms. The van der Waals surface area contributed by atoms with E-state index in [1.54, 1.807) is 17.2 Å². The van der Waals surface area contributed by atoms with Crippen molar-refractivity contribution in [3.05, 3.63) is 48.2 Å². The standard InChI is InChI=1S/C18H17N5OS/c1-22-10-11-23(18(24)12-6-5-9-19-17(12)25-2)16-15(22)20-13-7-3-4-8-14(13)21-16/h3-9H,10-11H2,1-2H3. The first-order chi connectivity index (χ1) is 12.2. The number of likely N-dealkylation sites (N-methyl/N-ethyl adjacent to an activating group) is 1. The van der Waals surface area contributed by atoms with Gasteiger partial charge in [-0.1, -0.05) is 12.1 Å². The van der Waals surface area contributed by atoms with Gasteiger partial charge in [0.15, 0.2) is 11.6 Å². The summed E-state index contributed by atoms with van der Waals surface area (Å²) in [4.78, 5) is 30.7. The van der Waals surface area contributed by atoms with Crippen LogP contribution in [0.3, 0.4) is 0 Å². The van der Waals surface area contributed by atoms with Crippen molar-refractivity contribution in [2.45, 2.75) is 5.03 Å². The Hall–Kier alpha value is -2.67. The molecule has 1 aliphatic rings. The molecule has 1 aromatic carbocycles. The summed E-state index contributed by atoms with van der Waals surface area (Å²) in [6, 6.07) is 11.3. The van der Waals surface area contributed by atoms with Crippen LogP contribution in [-0.2, 0) is 0 Å². The molecule has 0 spiro atoms. The number of amides is 1. The van der Waals surface area contributed by atoms with E-state index in [1.807, 2.05) is 48.5 Å². The average Bonchev–Trinajstić information content (AvgIpc) is 2.66. The third-order valence-corrected chi connectivity index (χ3v) is 4.96. The van der Waals surface area contributed by atoms with Gasteiger partial charge in [-0.25, -0.2) is 15.0 Å². The minimum absolute atomic E-state index is 0.0867. The SMILES string of the molecule is CSc1ncccc1C(=O)N1CCN(C)c2nc3ccccc3nc21.